The summed E-state index contributed by atoms with van der Waals surface area (Å²) < 4.78 is 10.0. The molecule has 0 aliphatic heterocycles. The third-order valence-corrected chi connectivity index (χ3v) is 1.42. The predicted molar refractivity (Wildman–Crippen MR) is 39.2 cm³/mol. The highest BCUT2D eigenvalue weighted by molar-refractivity contribution is 6.27. The van der Waals surface area contributed by atoms with Gasteiger partial charge in [0, 0.05) is 0 Å². The minimum atomic E-state index is 0.122. The zero-order valence-electron chi connectivity index (χ0n) is 5.45. The first-order chi connectivity index (χ1) is 5.36. The Morgan fingerprint density at radius 3 is 2.82 bits per heavy atom. The lowest BCUT2D eigenvalue weighted by atomic mass is 10.4. The Labute approximate surface area is 67.6 Å². The molecular formula is C7H4ClNO2. The highest BCUT2D eigenvalue weighted by Gasteiger charge is 2.05. The van der Waals surface area contributed by atoms with E-state index in [9.17, 15) is 0 Å². The molecule has 0 N–H and O–H groups in total. The third-order valence-electron chi connectivity index (χ3n) is 1.24. The van der Waals surface area contributed by atoms with Crippen LogP contribution in [0.1, 0.15) is 0 Å². The molecule has 0 aliphatic rings. The molecule has 0 saturated carbocycles. The van der Waals surface area contributed by atoms with Gasteiger partial charge >= 0.3 is 0 Å². The molecule has 0 bridgehead atoms. The summed E-state index contributed by atoms with van der Waals surface area (Å²) in [6.45, 7) is 0. The Kier molecular flexibility index (Phi) is 1.43. The van der Waals surface area contributed by atoms with Gasteiger partial charge in [-0.25, -0.2) is 4.98 Å². The third kappa shape index (κ3) is 1.14. The van der Waals surface area contributed by atoms with E-state index in [4.69, 9.17) is 20.4 Å². The van der Waals surface area contributed by atoms with Gasteiger partial charge in [0.15, 0.2) is 11.5 Å². The summed E-state index contributed by atoms with van der Waals surface area (Å²) in [6, 6.07) is 3.54. The second-order valence-corrected chi connectivity index (χ2v) is 2.28. The van der Waals surface area contributed by atoms with Gasteiger partial charge in [-0.15, -0.1) is 0 Å². The van der Waals surface area contributed by atoms with Crippen molar-refractivity contribution in [1.29, 1.82) is 0 Å². The fourth-order valence-corrected chi connectivity index (χ4v) is 0.917. The lowest BCUT2D eigenvalue weighted by molar-refractivity contribution is 0.522. The van der Waals surface area contributed by atoms with Gasteiger partial charge in [0.25, 0.3) is 5.35 Å². The Morgan fingerprint density at radius 2 is 2.27 bits per heavy atom. The van der Waals surface area contributed by atoms with Crippen LogP contribution in [0.4, 0.5) is 0 Å². The topological polar surface area (TPSA) is 39.2 Å². The van der Waals surface area contributed by atoms with E-state index in [-0.39, 0.29) is 5.35 Å². The van der Waals surface area contributed by atoms with Crippen LogP contribution in [0.5, 0.6) is 0 Å². The number of nitrogens with zero attached hydrogens (tertiary/aromatic N) is 1. The van der Waals surface area contributed by atoms with Crippen molar-refractivity contribution < 1.29 is 8.83 Å². The maximum absolute atomic E-state index is 5.46. The van der Waals surface area contributed by atoms with Crippen LogP contribution < -0.4 is 0 Å². The quantitative estimate of drug-likeness (QED) is 0.659. The van der Waals surface area contributed by atoms with Crippen LogP contribution in [-0.2, 0) is 0 Å². The Hall–Kier alpha value is -1.22. The molecule has 0 radical (unpaired) electrons. The van der Waals surface area contributed by atoms with E-state index >= 15 is 0 Å². The van der Waals surface area contributed by atoms with Gasteiger partial charge in [0.05, 0.1) is 12.5 Å². The van der Waals surface area contributed by atoms with Crippen molar-refractivity contribution in [3.05, 3.63) is 29.9 Å². The Bertz CT molecular complexity index is 339. The van der Waals surface area contributed by atoms with Crippen LogP contribution in [0.2, 0.25) is 5.35 Å². The average molecular weight is 170 g/mol. The molecule has 0 aromatic carbocycles. The second kappa shape index (κ2) is 2.43. The summed E-state index contributed by atoms with van der Waals surface area (Å²) in [4.78, 5) is 3.71. The van der Waals surface area contributed by atoms with E-state index in [0.717, 1.165) is 0 Å². The first kappa shape index (κ1) is 6.49. The normalized spacial score (nSPS) is 10.3. The molecule has 4 heteroatoms. The molecule has 0 saturated heterocycles. The van der Waals surface area contributed by atoms with E-state index in [1.54, 1.807) is 18.4 Å². The molecule has 2 rings (SSSR count). The number of hydrogen-bond acceptors (Lipinski definition) is 3. The number of oxazole rings is 1. The summed E-state index contributed by atoms with van der Waals surface area (Å²) >= 11 is 5.46. The summed E-state index contributed by atoms with van der Waals surface area (Å²) in [6.07, 6.45) is 3.08. The van der Waals surface area contributed by atoms with Crippen molar-refractivity contribution in [3.8, 4) is 11.5 Å². The molecular weight excluding hydrogens is 166 g/mol. The van der Waals surface area contributed by atoms with Gasteiger partial charge in [-0.3, -0.25) is 0 Å². The standard InChI is InChI=1S/C7H4ClNO2/c8-7-9-4-6(11-7)5-2-1-3-10-5/h1-4H. The van der Waals surface area contributed by atoms with Crippen LogP contribution in [0.25, 0.3) is 11.5 Å². The maximum Gasteiger partial charge on any atom is 0.292 e. The van der Waals surface area contributed by atoms with Gasteiger partial charge in [-0.2, -0.15) is 0 Å². The van der Waals surface area contributed by atoms with Crippen molar-refractivity contribution in [2.45, 2.75) is 0 Å². The van der Waals surface area contributed by atoms with Gasteiger partial charge in [0.1, 0.15) is 0 Å². The molecule has 3 nitrogen and oxygen atoms in total. The van der Waals surface area contributed by atoms with Crippen molar-refractivity contribution in [2.75, 3.05) is 0 Å². The van der Waals surface area contributed by atoms with Crippen molar-refractivity contribution in [2.24, 2.45) is 0 Å². The van der Waals surface area contributed by atoms with Gasteiger partial charge < -0.3 is 8.83 Å². The minimum Gasteiger partial charge on any atom is -0.461 e. The smallest absolute Gasteiger partial charge is 0.292 e. The van der Waals surface area contributed by atoms with E-state index in [1.165, 1.54) is 6.20 Å². The molecule has 0 fully saturated rings. The van der Waals surface area contributed by atoms with Gasteiger partial charge in [-0.05, 0) is 23.7 Å². The number of rotatable bonds is 1. The summed E-state index contributed by atoms with van der Waals surface area (Å²) in [7, 11) is 0. The largest absolute Gasteiger partial charge is 0.461 e. The summed E-state index contributed by atoms with van der Waals surface area (Å²) in [5, 5.41) is 0.122. The lowest BCUT2D eigenvalue weighted by Crippen LogP contribution is -1.62. The molecule has 0 amide bonds. The number of aromatic nitrogens is 1. The van der Waals surface area contributed by atoms with Crippen LogP contribution in [0.15, 0.2) is 33.4 Å². The molecule has 2 aromatic heterocycles. The molecule has 56 valence electrons. The van der Waals surface area contributed by atoms with Crippen LogP contribution in [-0.4, -0.2) is 4.98 Å². The van der Waals surface area contributed by atoms with E-state index in [2.05, 4.69) is 4.98 Å². The van der Waals surface area contributed by atoms with Crippen LogP contribution in [0, 0.1) is 0 Å². The minimum absolute atomic E-state index is 0.122. The molecule has 0 spiro atoms. The van der Waals surface area contributed by atoms with E-state index in [1.807, 2.05) is 0 Å². The maximum atomic E-state index is 5.46. The van der Waals surface area contributed by atoms with Crippen molar-refractivity contribution >= 4 is 11.6 Å². The van der Waals surface area contributed by atoms with Crippen LogP contribution >= 0.6 is 11.6 Å². The molecule has 0 atom stereocenters. The van der Waals surface area contributed by atoms with Crippen molar-refractivity contribution in [1.82, 2.24) is 4.98 Å². The number of halogens is 1. The monoisotopic (exact) mass is 169 g/mol. The molecule has 0 aliphatic carbocycles. The highest BCUT2D eigenvalue weighted by Crippen LogP contribution is 2.21. The predicted octanol–water partition coefficient (Wildman–Crippen LogP) is 2.59. The van der Waals surface area contributed by atoms with Crippen molar-refractivity contribution in [3.63, 3.8) is 0 Å². The van der Waals surface area contributed by atoms with Gasteiger partial charge in [-0.1, -0.05) is 0 Å². The molecule has 2 aromatic rings. The van der Waals surface area contributed by atoms with Crippen LogP contribution in [0.3, 0.4) is 0 Å². The van der Waals surface area contributed by atoms with E-state index in [0.29, 0.717) is 11.5 Å². The Balaban J connectivity index is 2.45. The Morgan fingerprint density at radius 1 is 1.36 bits per heavy atom. The van der Waals surface area contributed by atoms with E-state index < -0.39 is 0 Å². The first-order valence-electron chi connectivity index (χ1n) is 3.01. The highest BCUT2D eigenvalue weighted by atomic mass is 35.5. The summed E-state index contributed by atoms with van der Waals surface area (Å²) in [5.74, 6) is 1.17. The fourth-order valence-electron chi connectivity index (χ4n) is 0.785. The number of furan rings is 1. The number of hydrogen-bond donors (Lipinski definition) is 0. The summed E-state index contributed by atoms with van der Waals surface area (Å²) in [5.41, 5.74) is 0. The zero-order valence-corrected chi connectivity index (χ0v) is 6.21. The second-order valence-electron chi connectivity index (χ2n) is 1.95. The lowest BCUT2D eigenvalue weighted by Gasteiger charge is -1.84. The molecule has 2 heterocycles. The first-order valence-corrected chi connectivity index (χ1v) is 3.39. The zero-order chi connectivity index (χ0) is 7.68. The molecule has 11 heavy (non-hydrogen) atoms. The molecule has 0 unspecified atom stereocenters. The average Bonchev–Trinajstić information content (AvgIpc) is 2.55. The fraction of sp³-hybridized carbons (Fsp3) is 0. The van der Waals surface area contributed by atoms with Gasteiger partial charge in [0.2, 0.25) is 0 Å². The SMILES string of the molecule is Clc1ncc(-c2ccco2)o1.